The zero-order chi connectivity index (χ0) is 18.6. The number of benzene rings is 1. The second kappa shape index (κ2) is 7.35. The van der Waals surface area contributed by atoms with E-state index in [0.717, 1.165) is 11.3 Å². The number of carboxylic acids is 1. The van der Waals surface area contributed by atoms with E-state index in [9.17, 15) is 14.4 Å². The second-order valence-corrected chi connectivity index (χ2v) is 7.18. The fourth-order valence-electron chi connectivity index (χ4n) is 1.87. The lowest BCUT2D eigenvalue weighted by atomic mass is 10.2. The van der Waals surface area contributed by atoms with Gasteiger partial charge in [0.1, 0.15) is 10.5 Å². The Morgan fingerprint density at radius 3 is 2.04 bits per heavy atom. The Morgan fingerprint density at radius 1 is 0.960 bits per heavy atom. The summed E-state index contributed by atoms with van der Waals surface area (Å²) in [5.41, 5.74) is 0.107. The van der Waals surface area contributed by atoms with E-state index in [0.29, 0.717) is 11.4 Å². The topological polar surface area (TPSA) is 105 Å². The molecule has 2 rings (SSSR count). The van der Waals surface area contributed by atoms with E-state index < -0.39 is 23.6 Å². The van der Waals surface area contributed by atoms with Crippen LogP contribution in [-0.2, 0) is 4.74 Å². The monoisotopic (exact) mass is 362 g/mol. The number of thiophene rings is 1. The van der Waals surface area contributed by atoms with Crippen LogP contribution in [0.4, 0.5) is 16.2 Å². The van der Waals surface area contributed by atoms with E-state index >= 15 is 0 Å². The number of carbonyl (C=O) groups excluding carboxylic acids is 2. The average molecular weight is 362 g/mol. The van der Waals surface area contributed by atoms with Gasteiger partial charge in [-0.1, -0.05) is 12.1 Å². The number of carbonyl (C=O) groups is 3. The Morgan fingerprint density at radius 2 is 1.52 bits per heavy atom. The van der Waals surface area contributed by atoms with Crippen molar-refractivity contribution in [3.8, 4) is 0 Å². The van der Waals surface area contributed by atoms with Gasteiger partial charge in [-0.15, -0.1) is 11.3 Å². The van der Waals surface area contributed by atoms with Gasteiger partial charge in [0.25, 0.3) is 5.91 Å². The highest BCUT2D eigenvalue weighted by molar-refractivity contribution is 7.16. The van der Waals surface area contributed by atoms with E-state index in [1.165, 1.54) is 12.1 Å². The van der Waals surface area contributed by atoms with Crippen LogP contribution in [-0.4, -0.2) is 28.7 Å². The zero-order valence-corrected chi connectivity index (χ0v) is 14.8. The fourth-order valence-corrected chi connectivity index (χ4v) is 2.61. The highest BCUT2D eigenvalue weighted by atomic mass is 32.1. The molecule has 0 atom stereocenters. The molecule has 0 aliphatic heterocycles. The van der Waals surface area contributed by atoms with Gasteiger partial charge in [0.05, 0.1) is 16.3 Å². The molecule has 0 aliphatic rings. The minimum Gasteiger partial charge on any atom is -0.477 e. The number of ether oxygens (including phenoxy) is 1. The number of nitrogens with one attached hydrogen (secondary N) is 2. The molecule has 3 N–H and O–H groups in total. The summed E-state index contributed by atoms with van der Waals surface area (Å²) in [5.74, 6) is -1.55. The molecule has 25 heavy (non-hydrogen) atoms. The first-order valence-electron chi connectivity index (χ1n) is 7.39. The lowest BCUT2D eigenvalue weighted by molar-refractivity contribution is 0.0634. The number of aromatic carboxylic acids is 1. The van der Waals surface area contributed by atoms with Crippen molar-refractivity contribution >= 4 is 40.7 Å². The van der Waals surface area contributed by atoms with E-state index in [-0.39, 0.29) is 9.75 Å². The summed E-state index contributed by atoms with van der Waals surface area (Å²) in [4.78, 5) is 35.4. The molecule has 0 fully saturated rings. The molecule has 0 aliphatic carbocycles. The summed E-state index contributed by atoms with van der Waals surface area (Å²) in [6.45, 7) is 5.24. The maximum atomic E-state index is 12.3. The molecular weight excluding hydrogens is 344 g/mol. The summed E-state index contributed by atoms with van der Waals surface area (Å²) < 4.78 is 5.19. The standard InChI is InChI=1S/C17H18N2O5S/c1-17(2,3)24-16(23)19-11-7-5-4-6-10(11)18-14(20)12-8-9-13(25-12)15(21)22/h4-9H,1-3H3,(H,18,20)(H,19,23)(H,21,22). The van der Waals surface area contributed by atoms with Gasteiger partial charge in [-0.05, 0) is 45.0 Å². The third-order valence-corrected chi connectivity index (χ3v) is 3.92. The van der Waals surface area contributed by atoms with E-state index in [4.69, 9.17) is 9.84 Å². The number of anilines is 2. The molecule has 1 aromatic carbocycles. The molecule has 0 unspecified atom stereocenters. The molecular formula is C17H18N2O5S. The van der Waals surface area contributed by atoms with Crippen molar-refractivity contribution in [1.82, 2.24) is 0 Å². The van der Waals surface area contributed by atoms with Gasteiger partial charge in [-0.3, -0.25) is 10.1 Å². The van der Waals surface area contributed by atoms with Crippen LogP contribution in [0.15, 0.2) is 36.4 Å². The highest BCUT2D eigenvalue weighted by Crippen LogP contribution is 2.24. The molecule has 7 nitrogen and oxygen atoms in total. The third kappa shape index (κ3) is 5.32. The Bertz CT molecular complexity index is 807. The Balaban J connectivity index is 2.13. The van der Waals surface area contributed by atoms with Crippen LogP contribution >= 0.6 is 11.3 Å². The highest BCUT2D eigenvalue weighted by Gasteiger charge is 2.18. The van der Waals surface area contributed by atoms with Crippen LogP contribution in [0, 0.1) is 0 Å². The van der Waals surface area contributed by atoms with Crippen LogP contribution in [0.5, 0.6) is 0 Å². The fraction of sp³-hybridized carbons (Fsp3) is 0.235. The van der Waals surface area contributed by atoms with Crippen molar-refractivity contribution in [2.45, 2.75) is 26.4 Å². The van der Waals surface area contributed by atoms with Gasteiger partial charge in [0, 0.05) is 0 Å². The predicted molar refractivity (Wildman–Crippen MR) is 95.5 cm³/mol. The lowest BCUT2D eigenvalue weighted by Crippen LogP contribution is -2.27. The van der Waals surface area contributed by atoms with Crippen LogP contribution in [0.3, 0.4) is 0 Å². The zero-order valence-electron chi connectivity index (χ0n) is 14.0. The average Bonchev–Trinajstić information content (AvgIpc) is 2.97. The molecule has 0 saturated carbocycles. The molecule has 8 heteroatoms. The predicted octanol–water partition coefficient (Wildman–Crippen LogP) is 4.05. The molecule has 0 radical (unpaired) electrons. The van der Waals surface area contributed by atoms with Gasteiger partial charge < -0.3 is 15.2 Å². The SMILES string of the molecule is CC(C)(C)OC(=O)Nc1ccccc1NC(=O)c1ccc(C(=O)O)s1. The van der Waals surface area contributed by atoms with E-state index in [2.05, 4.69) is 10.6 Å². The van der Waals surface area contributed by atoms with Crippen molar-refractivity contribution in [2.75, 3.05) is 10.6 Å². The number of hydrogen-bond acceptors (Lipinski definition) is 5. The summed E-state index contributed by atoms with van der Waals surface area (Å²) in [6, 6.07) is 9.45. The quantitative estimate of drug-likeness (QED) is 0.761. The molecule has 0 spiro atoms. The first kappa shape index (κ1) is 18.5. The van der Waals surface area contributed by atoms with Gasteiger partial charge in [0.2, 0.25) is 0 Å². The van der Waals surface area contributed by atoms with Crippen molar-refractivity contribution < 1.29 is 24.2 Å². The normalized spacial score (nSPS) is 10.8. The minimum absolute atomic E-state index is 0.0744. The molecule has 2 aromatic rings. The number of rotatable bonds is 4. The summed E-state index contributed by atoms with van der Waals surface area (Å²) in [5, 5.41) is 14.2. The maximum absolute atomic E-state index is 12.3. The second-order valence-electron chi connectivity index (χ2n) is 6.10. The molecule has 132 valence electrons. The molecule has 0 bridgehead atoms. The summed E-state index contributed by atoms with van der Waals surface area (Å²) in [7, 11) is 0. The van der Waals surface area contributed by atoms with Crippen molar-refractivity contribution in [1.29, 1.82) is 0 Å². The van der Waals surface area contributed by atoms with Crippen LogP contribution in [0.1, 0.15) is 40.1 Å². The lowest BCUT2D eigenvalue weighted by Gasteiger charge is -2.20. The van der Waals surface area contributed by atoms with Crippen molar-refractivity contribution in [3.05, 3.63) is 46.2 Å². The van der Waals surface area contributed by atoms with E-state index in [1.54, 1.807) is 45.0 Å². The molecule has 1 aromatic heterocycles. The number of hydrogen-bond donors (Lipinski definition) is 3. The van der Waals surface area contributed by atoms with Gasteiger partial charge >= 0.3 is 12.1 Å². The maximum Gasteiger partial charge on any atom is 0.412 e. The Hall–Kier alpha value is -2.87. The van der Waals surface area contributed by atoms with Gasteiger partial charge in [0.15, 0.2) is 0 Å². The van der Waals surface area contributed by atoms with Crippen LogP contribution in [0.25, 0.3) is 0 Å². The van der Waals surface area contributed by atoms with Crippen molar-refractivity contribution in [2.24, 2.45) is 0 Å². The smallest absolute Gasteiger partial charge is 0.412 e. The largest absolute Gasteiger partial charge is 0.477 e. The number of amides is 2. The summed E-state index contributed by atoms with van der Waals surface area (Å²) >= 11 is 0.872. The number of para-hydroxylation sites is 2. The minimum atomic E-state index is -1.09. The number of carboxylic acid groups (broad SMARTS) is 1. The van der Waals surface area contributed by atoms with Crippen LogP contribution in [0.2, 0.25) is 0 Å². The van der Waals surface area contributed by atoms with Crippen LogP contribution < -0.4 is 10.6 Å². The van der Waals surface area contributed by atoms with Crippen molar-refractivity contribution in [3.63, 3.8) is 0 Å². The van der Waals surface area contributed by atoms with E-state index in [1.807, 2.05) is 0 Å². The van der Waals surface area contributed by atoms with Gasteiger partial charge in [-0.2, -0.15) is 0 Å². The summed E-state index contributed by atoms with van der Waals surface area (Å²) in [6.07, 6.45) is -0.640. The Kier molecular flexibility index (Phi) is 5.43. The van der Waals surface area contributed by atoms with Gasteiger partial charge in [-0.25, -0.2) is 9.59 Å². The third-order valence-electron chi connectivity index (χ3n) is 2.85. The first-order valence-corrected chi connectivity index (χ1v) is 8.21. The molecule has 1 heterocycles. The molecule has 0 saturated heterocycles. The Labute approximate surface area is 148 Å². The first-order chi connectivity index (χ1) is 11.7. The molecule has 2 amide bonds.